The maximum Gasteiger partial charge on any atom is 0.389 e. The molecule has 0 unspecified atom stereocenters. The predicted molar refractivity (Wildman–Crippen MR) is 86.2 cm³/mol. The van der Waals surface area contributed by atoms with Gasteiger partial charge in [-0.05, 0) is 18.1 Å². The molecule has 3 nitrogen and oxygen atoms in total. The third-order valence-corrected chi connectivity index (χ3v) is 3.77. The first-order chi connectivity index (χ1) is 9.47. The highest BCUT2D eigenvalue weighted by molar-refractivity contribution is 6.31. The van der Waals surface area contributed by atoms with Crippen LogP contribution in [0.25, 0.3) is 0 Å². The van der Waals surface area contributed by atoms with Crippen LogP contribution in [0.3, 0.4) is 0 Å². The molecule has 1 aliphatic heterocycles. The summed E-state index contributed by atoms with van der Waals surface area (Å²) in [6.07, 6.45) is -1.87. The summed E-state index contributed by atoms with van der Waals surface area (Å²) in [6, 6.07) is 1.40. The average molecular weight is 381 g/mol. The molecule has 9 heteroatoms. The molecule has 2 rings (SSSR count). The normalized spacial score (nSPS) is 17.3. The van der Waals surface area contributed by atoms with Gasteiger partial charge < -0.3 is 5.32 Å². The Hall–Kier alpha value is -0.270. The zero-order valence-electron chi connectivity index (χ0n) is 11.8. The van der Waals surface area contributed by atoms with Crippen LogP contribution in [0.1, 0.15) is 24.4 Å². The lowest BCUT2D eigenvalue weighted by Gasteiger charge is -2.35. The molecule has 1 fully saturated rings. The Kier molecular flexibility index (Phi) is 9.66. The number of nitrogens with zero attached hydrogens (tertiary/aromatic N) is 2. The first-order valence-corrected chi connectivity index (χ1v) is 6.96. The van der Waals surface area contributed by atoms with E-state index in [0.717, 1.165) is 31.7 Å². The highest BCUT2D eigenvalue weighted by atomic mass is 35.5. The Morgan fingerprint density at radius 1 is 1.27 bits per heavy atom. The maximum atomic E-state index is 12.5. The van der Waals surface area contributed by atoms with Gasteiger partial charge in [-0.25, -0.2) is 0 Å². The molecule has 0 radical (unpaired) electrons. The van der Waals surface area contributed by atoms with Gasteiger partial charge in [0, 0.05) is 51.0 Å². The van der Waals surface area contributed by atoms with E-state index >= 15 is 0 Å². The molecule has 22 heavy (non-hydrogen) atoms. The number of pyridine rings is 1. The molecule has 1 aliphatic rings. The predicted octanol–water partition coefficient (Wildman–Crippen LogP) is 3.87. The summed E-state index contributed by atoms with van der Waals surface area (Å²) in [5.41, 5.74) is 0.729. The van der Waals surface area contributed by atoms with Crippen molar-refractivity contribution in [3.8, 4) is 0 Å². The van der Waals surface area contributed by atoms with E-state index in [0.29, 0.717) is 5.02 Å². The van der Waals surface area contributed by atoms with Crippen LogP contribution in [-0.4, -0.2) is 42.2 Å². The second kappa shape index (κ2) is 9.78. The van der Waals surface area contributed by atoms with E-state index in [9.17, 15) is 13.2 Å². The molecule has 1 aromatic rings. The van der Waals surface area contributed by atoms with Gasteiger partial charge in [-0.1, -0.05) is 11.6 Å². The van der Waals surface area contributed by atoms with Crippen molar-refractivity contribution in [3.63, 3.8) is 0 Å². The summed E-state index contributed by atoms with van der Waals surface area (Å²) in [6.45, 7) is 3.01. The largest absolute Gasteiger partial charge is 0.389 e. The molecular weight excluding hydrogens is 362 g/mol. The molecule has 1 saturated heterocycles. The first kappa shape index (κ1) is 21.7. The number of aromatic nitrogens is 1. The molecule has 0 saturated carbocycles. The zero-order valence-corrected chi connectivity index (χ0v) is 14.2. The molecule has 2 heterocycles. The Morgan fingerprint density at radius 2 is 1.91 bits per heavy atom. The number of halogens is 6. The monoisotopic (exact) mass is 379 g/mol. The SMILES string of the molecule is Cl.Cl.FC(F)(F)CC[C@H](c1ccncc1Cl)N1CCNCC1. The Bertz CT molecular complexity index is 440. The number of rotatable bonds is 4. The Balaban J connectivity index is 0.00000220. The molecule has 0 bridgehead atoms. The van der Waals surface area contributed by atoms with E-state index in [1.54, 1.807) is 12.3 Å². The van der Waals surface area contributed by atoms with Crippen molar-refractivity contribution in [2.75, 3.05) is 26.2 Å². The molecule has 0 aromatic carbocycles. The number of hydrogen-bond acceptors (Lipinski definition) is 3. The molecule has 0 amide bonds. The highest BCUT2D eigenvalue weighted by Gasteiger charge is 2.31. The van der Waals surface area contributed by atoms with E-state index in [4.69, 9.17) is 11.6 Å². The second-order valence-corrected chi connectivity index (χ2v) is 5.26. The minimum absolute atomic E-state index is 0. The third kappa shape index (κ3) is 6.46. The van der Waals surface area contributed by atoms with Gasteiger partial charge in [-0.2, -0.15) is 13.2 Å². The lowest BCUT2D eigenvalue weighted by atomic mass is 10.0. The number of hydrogen-bond donors (Lipinski definition) is 1. The summed E-state index contributed by atoms with van der Waals surface area (Å²) in [4.78, 5) is 5.96. The molecule has 1 N–H and O–H groups in total. The van der Waals surface area contributed by atoms with Crippen molar-refractivity contribution in [2.24, 2.45) is 0 Å². The van der Waals surface area contributed by atoms with Gasteiger partial charge in [0.25, 0.3) is 0 Å². The molecule has 0 aliphatic carbocycles. The van der Waals surface area contributed by atoms with Crippen LogP contribution < -0.4 is 5.32 Å². The van der Waals surface area contributed by atoms with E-state index < -0.39 is 12.6 Å². The van der Waals surface area contributed by atoms with Gasteiger partial charge in [0.1, 0.15) is 0 Å². The van der Waals surface area contributed by atoms with Gasteiger partial charge in [0.2, 0.25) is 0 Å². The van der Waals surface area contributed by atoms with Crippen molar-refractivity contribution in [3.05, 3.63) is 29.0 Å². The number of piperazine rings is 1. The van der Waals surface area contributed by atoms with Crippen molar-refractivity contribution < 1.29 is 13.2 Å². The summed E-state index contributed by atoms with van der Waals surface area (Å²) in [7, 11) is 0. The van der Waals surface area contributed by atoms with Gasteiger partial charge in [-0.15, -0.1) is 24.8 Å². The lowest BCUT2D eigenvalue weighted by Crippen LogP contribution is -2.45. The van der Waals surface area contributed by atoms with Crippen molar-refractivity contribution in [1.29, 1.82) is 0 Å². The van der Waals surface area contributed by atoms with Crippen molar-refractivity contribution in [1.82, 2.24) is 15.2 Å². The summed E-state index contributed by atoms with van der Waals surface area (Å²) >= 11 is 6.10. The second-order valence-electron chi connectivity index (χ2n) is 4.85. The molecule has 1 atom stereocenters. The third-order valence-electron chi connectivity index (χ3n) is 3.46. The van der Waals surface area contributed by atoms with Gasteiger partial charge in [0.05, 0.1) is 5.02 Å². The summed E-state index contributed by atoms with van der Waals surface area (Å²) in [5.74, 6) is 0. The number of alkyl halides is 3. The fourth-order valence-electron chi connectivity index (χ4n) is 2.49. The fourth-order valence-corrected chi connectivity index (χ4v) is 2.73. The van der Waals surface area contributed by atoms with Crippen LogP contribution in [0.4, 0.5) is 13.2 Å². The van der Waals surface area contributed by atoms with Crippen molar-refractivity contribution >= 4 is 36.4 Å². The quantitative estimate of drug-likeness (QED) is 0.859. The van der Waals surface area contributed by atoms with Gasteiger partial charge >= 0.3 is 6.18 Å². The van der Waals surface area contributed by atoms with E-state index in [1.807, 2.05) is 0 Å². The Morgan fingerprint density at radius 3 is 2.45 bits per heavy atom. The fraction of sp³-hybridized carbons (Fsp3) is 0.615. The standard InChI is InChI=1S/C13H17ClF3N3.2ClH/c14-11-9-19-4-2-10(11)12(1-3-13(15,16)17)20-7-5-18-6-8-20;;/h2,4,9,12,18H,1,3,5-8H2;2*1H/t12-;;/m1../s1. The van der Waals surface area contributed by atoms with Gasteiger partial charge in [0.15, 0.2) is 0 Å². The van der Waals surface area contributed by atoms with E-state index in [-0.39, 0.29) is 37.3 Å². The van der Waals surface area contributed by atoms with Gasteiger partial charge in [-0.3, -0.25) is 9.88 Å². The van der Waals surface area contributed by atoms with Crippen LogP contribution in [0.15, 0.2) is 18.5 Å². The molecular formula is C13H19Cl3F3N3. The van der Waals surface area contributed by atoms with Crippen LogP contribution in [-0.2, 0) is 0 Å². The lowest BCUT2D eigenvalue weighted by molar-refractivity contribution is -0.138. The highest BCUT2D eigenvalue weighted by Crippen LogP contribution is 2.34. The summed E-state index contributed by atoms with van der Waals surface area (Å²) < 4.78 is 37.6. The van der Waals surface area contributed by atoms with Crippen LogP contribution >= 0.6 is 36.4 Å². The summed E-state index contributed by atoms with van der Waals surface area (Å²) in [5, 5.41) is 3.63. The topological polar surface area (TPSA) is 28.2 Å². The first-order valence-electron chi connectivity index (χ1n) is 6.58. The number of nitrogens with one attached hydrogen (secondary N) is 1. The average Bonchev–Trinajstić information content (AvgIpc) is 2.41. The van der Waals surface area contributed by atoms with E-state index in [2.05, 4.69) is 15.2 Å². The Labute approximate surface area is 145 Å². The maximum absolute atomic E-state index is 12.5. The van der Waals surface area contributed by atoms with E-state index in [1.165, 1.54) is 6.20 Å². The molecule has 1 aromatic heterocycles. The minimum Gasteiger partial charge on any atom is -0.314 e. The van der Waals surface area contributed by atoms with Crippen LogP contribution in [0.5, 0.6) is 0 Å². The van der Waals surface area contributed by atoms with Crippen LogP contribution in [0.2, 0.25) is 5.02 Å². The van der Waals surface area contributed by atoms with Crippen molar-refractivity contribution in [2.45, 2.75) is 25.1 Å². The zero-order chi connectivity index (χ0) is 14.6. The smallest absolute Gasteiger partial charge is 0.314 e. The molecule has 0 spiro atoms. The minimum atomic E-state index is -4.15. The van der Waals surface area contributed by atoms with Crippen LogP contribution in [0, 0.1) is 0 Å². The molecule has 128 valence electrons.